The van der Waals surface area contributed by atoms with Crippen molar-refractivity contribution in [1.82, 2.24) is 5.32 Å². The van der Waals surface area contributed by atoms with Crippen LogP contribution in [0.2, 0.25) is 0 Å². The fraction of sp³-hybridized carbons (Fsp3) is 1.00. The van der Waals surface area contributed by atoms with Crippen molar-refractivity contribution < 1.29 is 0 Å². The van der Waals surface area contributed by atoms with Crippen LogP contribution in [0.4, 0.5) is 0 Å². The van der Waals surface area contributed by atoms with Crippen LogP contribution in [0.1, 0.15) is 59.3 Å². The first-order chi connectivity index (χ1) is 6.27. The van der Waals surface area contributed by atoms with Crippen molar-refractivity contribution in [2.24, 2.45) is 5.92 Å². The van der Waals surface area contributed by atoms with Gasteiger partial charge in [-0.3, -0.25) is 0 Å². The molecule has 0 amide bonds. The first-order valence-corrected chi connectivity index (χ1v) is 6.04. The van der Waals surface area contributed by atoms with E-state index in [4.69, 9.17) is 0 Å². The van der Waals surface area contributed by atoms with Gasteiger partial charge >= 0.3 is 0 Å². The lowest BCUT2D eigenvalue weighted by Crippen LogP contribution is -2.39. The first kappa shape index (κ1) is 11.0. The molecule has 1 nitrogen and oxygen atoms in total. The summed E-state index contributed by atoms with van der Waals surface area (Å²) >= 11 is 0. The summed E-state index contributed by atoms with van der Waals surface area (Å²) in [4.78, 5) is 0. The van der Waals surface area contributed by atoms with Crippen LogP contribution in [0.25, 0.3) is 0 Å². The molecule has 1 saturated carbocycles. The molecule has 0 radical (unpaired) electrons. The summed E-state index contributed by atoms with van der Waals surface area (Å²) in [7, 11) is 0. The lowest BCUT2D eigenvalue weighted by atomic mass is 9.98. The molecule has 0 saturated heterocycles. The lowest BCUT2D eigenvalue weighted by Gasteiger charge is -2.25. The number of rotatable bonds is 5. The van der Waals surface area contributed by atoms with Crippen LogP contribution in [-0.2, 0) is 0 Å². The Morgan fingerprint density at radius 1 is 1.15 bits per heavy atom. The molecule has 1 rings (SSSR count). The fourth-order valence-electron chi connectivity index (χ4n) is 2.49. The largest absolute Gasteiger partial charge is 0.311 e. The maximum Gasteiger partial charge on any atom is 0.00695 e. The third-order valence-electron chi connectivity index (χ3n) is 3.59. The molecule has 0 aromatic heterocycles. The molecule has 78 valence electrons. The summed E-state index contributed by atoms with van der Waals surface area (Å²) in [6, 6.07) is 1.49. The summed E-state index contributed by atoms with van der Waals surface area (Å²) in [5.74, 6) is 0.959. The van der Waals surface area contributed by atoms with Crippen molar-refractivity contribution in [3.8, 4) is 0 Å². The fourth-order valence-corrected chi connectivity index (χ4v) is 2.49. The highest BCUT2D eigenvalue weighted by Gasteiger charge is 2.22. The van der Waals surface area contributed by atoms with Gasteiger partial charge in [-0.05, 0) is 38.5 Å². The van der Waals surface area contributed by atoms with Gasteiger partial charge in [0.1, 0.15) is 0 Å². The zero-order chi connectivity index (χ0) is 9.68. The monoisotopic (exact) mass is 183 g/mol. The van der Waals surface area contributed by atoms with Crippen molar-refractivity contribution in [1.29, 1.82) is 0 Å². The molecule has 1 fully saturated rings. The van der Waals surface area contributed by atoms with E-state index >= 15 is 0 Å². The Kier molecular flexibility index (Phi) is 4.79. The van der Waals surface area contributed by atoms with E-state index in [9.17, 15) is 0 Å². The molecule has 1 N–H and O–H groups in total. The molecular weight excluding hydrogens is 158 g/mol. The zero-order valence-electron chi connectivity index (χ0n) is 9.47. The molecule has 1 aliphatic rings. The van der Waals surface area contributed by atoms with Crippen LogP contribution >= 0.6 is 0 Å². The summed E-state index contributed by atoms with van der Waals surface area (Å²) < 4.78 is 0. The second kappa shape index (κ2) is 5.64. The van der Waals surface area contributed by atoms with Gasteiger partial charge in [0.05, 0.1) is 0 Å². The van der Waals surface area contributed by atoms with E-state index in [0.29, 0.717) is 0 Å². The van der Waals surface area contributed by atoms with Crippen molar-refractivity contribution in [2.75, 3.05) is 0 Å². The Morgan fingerprint density at radius 2 is 1.69 bits per heavy atom. The minimum absolute atomic E-state index is 0.743. The summed E-state index contributed by atoms with van der Waals surface area (Å²) in [6.45, 7) is 6.93. The molecule has 0 bridgehead atoms. The van der Waals surface area contributed by atoms with Crippen molar-refractivity contribution in [3.05, 3.63) is 0 Å². The van der Waals surface area contributed by atoms with E-state index in [0.717, 1.165) is 18.0 Å². The van der Waals surface area contributed by atoms with Crippen LogP contribution in [0.3, 0.4) is 0 Å². The highest BCUT2D eigenvalue weighted by Crippen LogP contribution is 2.27. The zero-order valence-corrected chi connectivity index (χ0v) is 9.47. The third kappa shape index (κ3) is 3.30. The normalized spacial score (nSPS) is 21.2. The molecular formula is C12H25N. The van der Waals surface area contributed by atoms with Crippen molar-refractivity contribution in [3.63, 3.8) is 0 Å². The maximum atomic E-state index is 3.76. The van der Waals surface area contributed by atoms with Gasteiger partial charge in [0, 0.05) is 12.1 Å². The Balaban J connectivity index is 2.25. The van der Waals surface area contributed by atoms with E-state index in [1.54, 1.807) is 0 Å². The minimum atomic E-state index is 0.743. The van der Waals surface area contributed by atoms with Crippen LogP contribution in [0.5, 0.6) is 0 Å². The summed E-state index contributed by atoms with van der Waals surface area (Å²) in [5.41, 5.74) is 0. The molecule has 0 aromatic carbocycles. The van der Waals surface area contributed by atoms with E-state index in [1.807, 2.05) is 0 Å². The molecule has 13 heavy (non-hydrogen) atoms. The smallest absolute Gasteiger partial charge is 0.00695 e. The van der Waals surface area contributed by atoms with Gasteiger partial charge in [-0.15, -0.1) is 0 Å². The predicted molar refractivity (Wildman–Crippen MR) is 58.9 cm³/mol. The number of hydrogen-bond acceptors (Lipinski definition) is 1. The number of nitrogens with one attached hydrogen (secondary N) is 1. The Bertz CT molecular complexity index is 123. The van der Waals surface area contributed by atoms with Crippen molar-refractivity contribution >= 4 is 0 Å². The molecule has 1 atom stereocenters. The minimum Gasteiger partial charge on any atom is -0.311 e. The van der Waals surface area contributed by atoms with Gasteiger partial charge < -0.3 is 5.32 Å². The molecule has 1 heteroatoms. The van der Waals surface area contributed by atoms with E-state index in [2.05, 4.69) is 26.1 Å². The van der Waals surface area contributed by atoms with Gasteiger partial charge in [0.2, 0.25) is 0 Å². The van der Waals surface area contributed by atoms with E-state index in [1.165, 1.54) is 38.5 Å². The van der Waals surface area contributed by atoms with Crippen LogP contribution < -0.4 is 5.32 Å². The summed E-state index contributed by atoms with van der Waals surface area (Å²) in [6.07, 6.45) is 8.36. The van der Waals surface area contributed by atoms with E-state index in [-0.39, 0.29) is 0 Å². The molecule has 0 aromatic rings. The van der Waals surface area contributed by atoms with Crippen LogP contribution in [0.15, 0.2) is 0 Å². The summed E-state index contributed by atoms with van der Waals surface area (Å²) in [5, 5.41) is 3.76. The third-order valence-corrected chi connectivity index (χ3v) is 3.59. The van der Waals surface area contributed by atoms with Crippen molar-refractivity contribution in [2.45, 2.75) is 71.4 Å². The van der Waals surface area contributed by atoms with Gasteiger partial charge in [0.25, 0.3) is 0 Å². The molecule has 1 aliphatic carbocycles. The SMILES string of the molecule is CCC(CC)N[C@H](C)C1CCCC1. The average Bonchev–Trinajstić information content (AvgIpc) is 2.66. The second-order valence-corrected chi connectivity index (χ2v) is 4.51. The molecule has 0 spiro atoms. The Morgan fingerprint density at radius 3 is 2.15 bits per heavy atom. The quantitative estimate of drug-likeness (QED) is 0.689. The lowest BCUT2D eigenvalue weighted by molar-refractivity contribution is 0.331. The Hall–Kier alpha value is -0.0400. The van der Waals surface area contributed by atoms with E-state index < -0.39 is 0 Å². The average molecular weight is 183 g/mol. The molecule has 0 aliphatic heterocycles. The van der Waals surface area contributed by atoms with Gasteiger partial charge in [-0.2, -0.15) is 0 Å². The standard InChI is InChI=1S/C12H25N/c1-4-12(5-2)13-10(3)11-8-6-7-9-11/h10-13H,4-9H2,1-3H3/t10-/m1/s1. The topological polar surface area (TPSA) is 12.0 Å². The highest BCUT2D eigenvalue weighted by molar-refractivity contribution is 4.79. The van der Waals surface area contributed by atoms with Gasteiger partial charge in [0.15, 0.2) is 0 Å². The van der Waals surface area contributed by atoms with Gasteiger partial charge in [-0.25, -0.2) is 0 Å². The second-order valence-electron chi connectivity index (χ2n) is 4.51. The highest BCUT2D eigenvalue weighted by atomic mass is 14.9. The number of hydrogen-bond donors (Lipinski definition) is 1. The molecule has 0 unspecified atom stereocenters. The van der Waals surface area contributed by atoms with Crippen LogP contribution in [0, 0.1) is 5.92 Å². The van der Waals surface area contributed by atoms with Gasteiger partial charge in [-0.1, -0.05) is 26.7 Å². The van der Waals surface area contributed by atoms with Crippen LogP contribution in [-0.4, -0.2) is 12.1 Å². The molecule has 0 heterocycles. The first-order valence-electron chi connectivity index (χ1n) is 6.04. The Labute approximate surface area is 83.3 Å². The maximum absolute atomic E-state index is 3.76. The predicted octanol–water partition coefficient (Wildman–Crippen LogP) is 3.34.